The van der Waals surface area contributed by atoms with Gasteiger partial charge in [-0.05, 0) is 23.6 Å². The van der Waals surface area contributed by atoms with Gasteiger partial charge in [0.25, 0.3) is 0 Å². The molecule has 0 saturated carbocycles. The molecule has 0 bridgehead atoms. The smallest absolute Gasteiger partial charge is 0.344 e. The monoisotopic (exact) mass is 309 g/mol. The summed E-state index contributed by atoms with van der Waals surface area (Å²) in [7, 11) is 0. The Labute approximate surface area is 129 Å². The lowest BCUT2D eigenvalue weighted by molar-refractivity contribution is -0.131. The average molecular weight is 309 g/mol. The molecule has 23 heavy (non-hydrogen) atoms. The maximum atomic E-state index is 12.0. The molecular formula is C17H11NO5. The number of fused-ring (bicyclic) bond motifs is 3. The van der Waals surface area contributed by atoms with Crippen molar-refractivity contribution in [2.24, 2.45) is 0 Å². The maximum absolute atomic E-state index is 12.0. The van der Waals surface area contributed by atoms with E-state index in [9.17, 15) is 14.4 Å². The molecule has 0 aliphatic carbocycles. The van der Waals surface area contributed by atoms with Crippen molar-refractivity contribution < 1.29 is 19.1 Å². The molecule has 0 radical (unpaired) electrons. The predicted molar refractivity (Wildman–Crippen MR) is 85.4 cm³/mol. The highest BCUT2D eigenvalue weighted by molar-refractivity contribution is 6.07. The number of amides is 1. The van der Waals surface area contributed by atoms with Crippen molar-refractivity contribution >= 4 is 39.3 Å². The lowest BCUT2D eigenvalue weighted by Gasteiger charge is -2.05. The second kappa shape index (κ2) is 5.76. The van der Waals surface area contributed by atoms with E-state index in [1.807, 2.05) is 12.1 Å². The highest BCUT2D eigenvalue weighted by Crippen LogP contribution is 2.25. The number of carbonyl (C=O) groups excluding carboxylic acids is 1. The van der Waals surface area contributed by atoms with Gasteiger partial charge in [-0.3, -0.25) is 4.79 Å². The molecule has 1 heterocycles. The average Bonchev–Trinajstić information content (AvgIpc) is 2.53. The summed E-state index contributed by atoms with van der Waals surface area (Å²) in [6.45, 7) is 0. The van der Waals surface area contributed by atoms with Gasteiger partial charge in [0.2, 0.25) is 5.91 Å². The molecule has 0 aliphatic heterocycles. The molecule has 0 saturated heterocycles. The minimum absolute atomic E-state index is 0.341. The van der Waals surface area contributed by atoms with Crippen LogP contribution in [0.25, 0.3) is 21.7 Å². The topological polar surface area (TPSA) is 96.6 Å². The number of anilines is 1. The molecule has 6 nitrogen and oxygen atoms in total. The van der Waals surface area contributed by atoms with E-state index >= 15 is 0 Å². The summed E-state index contributed by atoms with van der Waals surface area (Å²) in [6, 6.07) is 12.0. The molecule has 2 aromatic carbocycles. The first kappa shape index (κ1) is 14.5. The zero-order valence-corrected chi connectivity index (χ0v) is 11.8. The van der Waals surface area contributed by atoms with E-state index in [1.54, 1.807) is 24.3 Å². The predicted octanol–water partition coefficient (Wildman–Crippen LogP) is 2.53. The molecule has 3 aromatic rings. The van der Waals surface area contributed by atoms with Gasteiger partial charge in [-0.1, -0.05) is 18.2 Å². The van der Waals surface area contributed by atoms with Gasteiger partial charge < -0.3 is 14.8 Å². The Balaban J connectivity index is 2.03. The summed E-state index contributed by atoms with van der Waals surface area (Å²) in [4.78, 5) is 33.9. The van der Waals surface area contributed by atoms with Crippen molar-refractivity contribution in [3.63, 3.8) is 0 Å². The molecule has 0 atom stereocenters. The number of rotatable bonds is 3. The van der Waals surface area contributed by atoms with Crippen LogP contribution in [0.3, 0.4) is 0 Å². The second-order valence-electron chi connectivity index (χ2n) is 4.81. The molecule has 3 rings (SSSR count). The van der Waals surface area contributed by atoms with E-state index in [2.05, 4.69) is 5.32 Å². The fraction of sp³-hybridized carbons (Fsp3) is 0. The van der Waals surface area contributed by atoms with E-state index in [1.165, 1.54) is 6.07 Å². The van der Waals surface area contributed by atoms with Crippen LogP contribution < -0.4 is 10.9 Å². The van der Waals surface area contributed by atoms with Crippen molar-refractivity contribution in [2.75, 3.05) is 5.32 Å². The van der Waals surface area contributed by atoms with Crippen LogP contribution >= 0.6 is 0 Å². The maximum Gasteiger partial charge on any atom is 0.344 e. The summed E-state index contributed by atoms with van der Waals surface area (Å²) in [5.74, 6) is -1.80. The highest BCUT2D eigenvalue weighted by Gasteiger charge is 2.08. The Morgan fingerprint density at radius 1 is 1.00 bits per heavy atom. The number of nitrogens with one attached hydrogen (secondary N) is 1. The number of carboxylic acid groups (broad SMARTS) is 1. The molecule has 114 valence electrons. The standard InChI is InChI=1S/C17H11NO5/c19-15(7-8-16(20)21)18-10-5-6-12-11-3-1-2-4-13(11)17(22)23-14(12)9-10/h1-9H,(H,18,19)(H,20,21)/b8-7+. The van der Waals surface area contributed by atoms with E-state index in [4.69, 9.17) is 9.52 Å². The van der Waals surface area contributed by atoms with E-state index in [-0.39, 0.29) is 0 Å². The summed E-state index contributed by atoms with van der Waals surface area (Å²) < 4.78 is 5.28. The van der Waals surface area contributed by atoms with Crippen molar-refractivity contribution in [3.05, 3.63) is 65.0 Å². The minimum Gasteiger partial charge on any atom is -0.478 e. The third-order valence-electron chi connectivity index (χ3n) is 3.27. The van der Waals surface area contributed by atoms with Gasteiger partial charge in [-0.2, -0.15) is 0 Å². The first-order chi connectivity index (χ1) is 11.0. The quantitative estimate of drug-likeness (QED) is 0.440. The second-order valence-corrected chi connectivity index (χ2v) is 4.81. The van der Waals surface area contributed by atoms with Crippen LogP contribution in [0.5, 0.6) is 0 Å². The van der Waals surface area contributed by atoms with Gasteiger partial charge in [0, 0.05) is 29.3 Å². The van der Waals surface area contributed by atoms with Crippen LogP contribution in [-0.2, 0) is 9.59 Å². The van der Waals surface area contributed by atoms with Crippen LogP contribution in [0.4, 0.5) is 5.69 Å². The van der Waals surface area contributed by atoms with Gasteiger partial charge in [0.05, 0.1) is 5.39 Å². The van der Waals surface area contributed by atoms with Crippen LogP contribution in [0.15, 0.2) is 63.8 Å². The molecule has 6 heteroatoms. The van der Waals surface area contributed by atoms with E-state index in [0.717, 1.165) is 22.9 Å². The van der Waals surface area contributed by atoms with Gasteiger partial charge >= 0.3 is 11.6 Å². The highest BCUT2D eigenvalue weighted by atomic mass is 16.4. The Hall–Kier alpha value is -3.41. The van der Waals surface area contributed by atoms with Crippen molar-refractivity contribution in [2.45, 2.75) is 0 Å². The Kier molecular flexibility index (Phi) is 3.64. The molecule has 1 amide bonds. The SMILES string of the molecule is O=C(O)/C=C/C(=O)Nc1ccc2c(c1)oc(=O)c1ccccc12. The molecule has 0 fully saturated rings. The fourth-order valence-electron chi connectivity index (χ4n) is 2.29. The number of benzene rings is 2. The number of hydrogen-bond donors (Lipinski definition) is 2. The third-order valence-corrected chi connectivity index (χ3v) is 3.27. The van der Waals surface area contributed by atoms with Crippen molar-refractivity contribution in [1.29, 1.82) is 0 Å². The molecule has 2 N–H and O–H groups in total. The number of carbonyl (C=O) groups is 2. The summed E-state index contributed by atoms with van der Waals surface area (Å²) >= 11 is 0. The molecule has 0 unspecified atom stereocenters. The Morgan fingerprint density at radius 2 is 1.74 bits per heavy atom. The van der Waals surface area contributed by atoms with Gasteiger partial charge in [-0.15, -0.1) is 0 Å². The Morgan fingerprint density at radius 3 is 2.48 bits per heavy atom. The molecule has 1 aromatic heterocycles. The van der Waals surface area contributed by atoms with E-state index < -0.39 is 17.5 Å². The largest absolute Gasteiger partial charge is 0.478 e. The summed E-state index contributed by atoms with van der Waals surface area (Å²) in [6.07, 6.45) is 1.65. The molecule has 0 aliphatic rings. The van der Waals surface area contributed by atoms with Crippen LogP contribution in [-0.4, -0.2) is 17.0 Å². The Bertz CT molecular complexity index is 1020. The first-order valence-corrected chi connectivity index (χ1v) is 6.72. The zero-order valence-electron chi connectivity index (χ0n) is 11.8. The number of hydrogen-bond acceptors (Lipinski definition) is 4. The fourth-order valence-corrected chi connectivity index (χ4v) is 2.29. The van der Waals surface area contributed by atoms with Crippen molar-refractivity contribution in [3.8, 4) is 0 Å². The minimum atomic E-state index is -1.21. The first-order valence-electron chi connectivity index (χ1n) is 6.72. The lowest BCUT2D eigenvalue weighted by Crippen LogP contribution is -2.08. The van der Waals surface area contributed by atoms with Crippen LogP contribution in [0.2, 0.25) is 0 Å². The third kappa shape index (κ3) is 2.96. The molecular weight excluding hydrogens is 298 g/mol. The summed E-state index contributed by atoms with van der Waals surface area (Å²) in [5.41, 5.74) is 0.284. The number of aliphatic carboxylic acids is 1. The summed E-state index contributed by atoms with van der Waals surface area (Å²) in [5, 5.41) is 13.0. The van der Waals surface area contributed by atoms with Crippen molar-refractivity contribution in [1.82, 2.24) is 0 Å². The van der Waals surface area contributed by atoms with Crippen LogP contribution in [0, 0.1) is 0 Å². The van der Waals surface area contributed by atoms with Crippen LogP contribution in [0.1, 0.15) is 0 Å². The van der Waals surface area contributed by atoms with Gasteiger partial charge in [0.15, 0.2) is 0 Å². The van der Waals surface area contributed by atoms with E-state index in [0.29, 0.717) is 16.7 Å². The van der Waals surface area contributed by atoms with Gasteiger partial charge in [-0.25, -0.2) is 9.59 Å². The zero-order chi connectivity index (χ0) is 16.4. The molecule has 0 spiro atoms. The normalized spacial score (nSPS) is 11.1. The number of carboxylic acids is 1. The van der Waals surface area contributed by atoms with Gasteiger partial charge in [0.1, 0.15) is 5.58 Å². The lowest BCUT2D eigenvalue weighted by atomic mass is 10.1.